The van der Waals surface area contributed by atoms with Gasteiger partial charge in [-0.05, 0) is 36.8 Å². The number of likely N-dealkylation sites (tertiary alicyclic amines) is 1. The Kier molecular flexibility index (Phi) is 4.11. The third kappa shape index (κ3) is 3.03. The van der Waals surface area contributed by atoms with E-state index in [1.54, 1.807) is 11.0 Å². The van der Waals surface area contributed by atoms with Crippen LogP contribution in [-0.4, -0.2) is 41.9 Å². The van der Waals surface area contributed by atoms with Gasteiger partial charge in [0, 0.05) is 30.5 Å². The Bertz CT molecular complexity index is 696. The monoisotopic (exact) mass is 328 g/mol. The number of amides is 2. The fourth-order valence-electron chi connectivity index (χ4n) is 3.48. The van der Waals surface area contributed by atoms with Crippen LogP contribution in [0.25, 0.3) is 0 Å². The van der Waals surface area contributed by atoms with Gasteiger partial charge in [-0.25, -0.2) is 0 Å². The van der Waals surface area contributed by atoms with E-state index >= 15 is 0 Å². The summed E-state index contributed by atoms with van der Waals surface area (Å²) < 4.78 is 5.68. The second-order valence-corrected chi connectivity index (χ2v) is 7.39. The number of nitrogens with zero attached hydrogens (tertiary/aromatic N) is 1. The van der Waals surface area contributed by atoms with Crippen LogP contribution < -0.4 is 10.1 Å². The summed E-state index contributed by atoms with van der Waals surface area (Å²) in [4.78, 5) is 26.2. The lowest BCUT2D eigenvalue weighted by molar-refractivity contribution is -0.125. The van der Waals surface area contributed by atoms with E-state index in [-0.39, 0.29) is 29.4 Å². The summed E-state index contributed by atoms with van der Waals surface area (Å²) >= 11 is 0. The zero-order chi connectivity index (χ0) is 17.5. The molecule has 0 saturated carbocycles. The molecule has 3 rings (SSSR count). The summed E-state index contributed by atoms with van der Waals surface area (Å²) in [6, 6.07) is 5.47. The lowest BCUT2D eigenvalue weighted by Crippen LogP contribution is -2.44. The minimum absolute atomic E-state index is 0.0858. The van der Waals surface area contributed by atoms with E-state index in [1.807, 2.05) is 19.1 Å². The normalized spacial score (nSPS) is 24.2. The first-order chi connectivity index (χ1) is 11.3. The van der Waals surface area contributed by atoms with Crippen molar-refractivity contribution in [3.05, 3.63) is 42.0 Å². The Labute approximate surface area is 142 Å². The minimum Gasteiger partial charge on any atom is -0.490 e. The Morgan fingerprint density at radius 2 is 2.17 bits per heavy atom. The summed E-state index contributed by atoms with van der Waals surface area (Å²) in [6.07, 6.45) is 2.31. The van der Waals surface area contributed by atoms with Crippen LogP contribution in [0.15, 0.2) is 30.9 Å². The highest BCUT2D eigenvalue weighted by atomic mass is 16.5. The number of nitrogens with one attached hydrogen (secondary N) is 1. The number of rotatable bonds is 3. The second-order valence-electron chi connectivity index (χ2n) is 7.39. The van der Waals surface area contributed by atoms with Gasteiger partial charge in [0.05, 0.1) is 6.04 Å². The molecule has 1 saturated heterocycles. The number of hydrogen-bond donors (Lipinski definition) is 1. The molecule has 0 aromatic heterocycles. The molecular weight excluding hydrogens is 304 g/mol. The van der Waals surface area contributed by atoms with Gasteiger partial charge in [0.2, 0.25) is 5.91 Å². The van der Waals surface area contributed by atoms with E-state index in [1.165, 1.54) is 6.08 Å². The maximum atomic E-state index is 12.6. The number of benzene rings is 1. The van der Waals surface area contributed by atoms with Crippen LogP contribution in [0.2, 0.25) is 0 Å². The molecule has 0 spiro atoms. The predicted molar refractivity (Wildman–Crippen MR) is 92.0 cm³/mol. The van der Waals surface area contributed by atoms with Crippen LogP contribution in [0.1, 0.15) is 36.7 Å². The summed E-state index contributed by atoms with van der Waals surface area (Å²) in [5.74, 6) is 0.662. The van der Waals surface area contributed by atoms with E-state index < -0.39 is 0 Å². The van der Waals surface area contributed by atoms with Gasteiger partial charge in [0.1, 0.15) is 11.9 Å². The number of fused-ring (bicyclic) bond motifs is 1. The molecule has 5 heteroatoms. The van der Waals surface area contributed by atoms with Gasteiger partial charge in [0.25, 0.3) is 5.91 Å². The zero-order valence-corrected chi connectivity index (χ0v) is 14.5. The van der Waals surface area contributed by atoms with Crippen LogP contribution in [0.4, 0.5) is 0 Å². The van der Waals surface area contributed by atoms with Crippen LogP contribution >= 0.6 is 0 Å². The lowest BCUT2D eigenvalue weighted by atomic mass is 9.87. The Hall–Kier alpha value is -2.30. The molecule has 2 atom stereocenters. The lowest BCUT2D eigenvalue weighted by Gasteiger charge is -2.26. The average Bonchev–Trinajstić information content (AvgIpc) is 3.04. The minimum atomic E-state index is -0.178. The number of hydrogen-bond acceptors (Lipinski definition) is 3. The third-order valence-corrected chi connectivity index (χ3v) is 4.89. The molecule has 1 aromatic rings. The first-order valence-electron chi connectivity index (χ1n) is 8.32. The summed E-state index contributed by atoms with van der Waals surface area (Å²) in [5.41, 5.74) is 1.53. The quantitative estimate of drug-likeness (QED) is 0.865. The molecule has 2 amide bonds. The van der Waals surface area contributed by atoms with Gasteiger partial charge < -0.3 is 15.0 Å². The summed E-state index contributed by atoms with van der Waals surface area (Å²) in [7, 11) is 0. The van der Waals surface area contributed by atoms with Gasteiger partial charge in [-0.1, -0.05) is 20.4 Å². The molecule has 1 aromatic carbocycles. The molecule has 0 bridgehead atoms. The van der Waals surface area contributed by atoms with Crippen LogP contribution in [0.3, 0.4) is 0 Å². The SMILES string of the molecule is C=CC(=O)N1CC(NC(=O)c2ccc3c(c2)CC(C)O3)C(C)(C)C1. The Morgan fingerprint density at radius 1 is 1.42 bits per heavy atom. The highest BCUT2D eigenvalue weighted by molar-refractivity contribution is 5.95. The van der Waals surface area contributed by atoms with Crippen LogP contribution in [0.5, 0.6) is 5.75 Å². The third-order valence-electron chi connectivity index (χ3n) is 4.89. The number of carbonyl (C=O) groups excluding carboxylic acids is 2. The Morgan fingerprint density at radius 3 is 2.88 bits per heavy atom. The van der Waals surface area contributed by atoms with Crippen LogP contribution in [0, 0.1) is 5.41 Å². The van der Waals surface area contributed by atoms with Gasteiger partial charge in [0.15, 0.2) is 0 Å². The van der Waals surface area contributed by atoms with Crippen LogP contribution in [-0.2, 0) is 11.2 Å². The first kappa shape index (κ1) is 16.6. The highest BCUT2D eigenvalue weighted by Gasteiger charge is 2.41. The van der Waals surface area contributed by atoms with Crippen molar-refractivity contribution in [3.63, 3.8) is 0 Å². The fraction of sp³-hybridized carbons (Fsp3) is 0.474. The molecular formula is C19H24N2O3. The van der Waals surface area contributed by atoms with Crippen molar-refractivity contribution >= 4 is 11.8 Å². The van der Waals surface area contributed by atoms with E-state index in [9.17, 15) is 9.59 Å². The largest absolute Gasteiger partial charge is 0.490 e. The van der Waals surface area contributed by atoms with E-state index in [4.69, 9.17) is 4.74 Å². The molecule has 0 aliphatic carbocycles. The van der Waals surface area contributed by atoms with Crippen molar-refractivity contribution in [2.45, 2.75) is 39.3 Å². The molecule has 1 fully saturated rings. The van der Waals surface area contributed by atoms with Gasteiger partial charge in [-0.2, -0.15) is 0 Å². The smallest absolute Gasteiger partial charge is 0.251 e. The molecule has 2 heterocycles. The summed E-state index contributed by atoms with van der Waals surface area (Å²) in [5, 5.41) is 3.09. The van der Waals surface area contributed by atoms with E-state index in [0.717, 1.165) is 17.7 Å². The van der Waals surface area contributed by atoms with Crippen molar-refractivity contribution in [2.24, 2.45) is 5.41 Å². The molecule has 5 nitrogen and oxygen atoms in total. The average molecular weight is 328 g/mol. The van der Waals surface area contributed by atoms with Crippen molar-refractivity contribution < 1.29 is 14.3 Å². The Balaban J connectivity index is 1.72. The van der Waals surface area contributed by atoms with Crippen molar-refractivity contribution in [1.82, 2.24) is 10.2 Å². The molecule has 24 heavy (non-hydrogen) atoms. The first-order valence-corrected chi connectivity index (χ1v) is 8.32. The number of carbonyl (C=O) groups is 2. The molecule has 1 N–H and O–H groups in total. The predicted octanol–water partition coefficient (Wildman–Crippen LogP) is 2.16. The van der Waals surface area contributed by atoms with Gasteiger partial charge in [-0.15, -0.1) is 0 Å². The molecule has 2 unspecified atom stereocenters. The standard InChI is InChI=1S/C19H24N2O3/c1-5-17(22)21-10-16(19(3,4)11-21)20-18(23)13-6-7-15-14(9-13)8-12(2)24-15/h5-7,9,12,16H,1,8,10-11H2,2-4H3,(H,20,23). The summed E-state index contributed by atoms with van der Waals surface area (Å²) in [6.45, 7) is 10.8. The number of ether oxygens (including phenoxy) is 1. The maximum Gasteiger partial charge on any atom is 0.251 e. The zero-order valence-electron chi connectivity index (χ0n) is 14.5. The molecule has 2 aliphatic heterocycles. The van der Waals surface area contributed by atoms with Gasteiger partial charge in [-0.3, -0.25) is 9.59 Å². The van der Waals surface area contributed by atoms with Crippen molar-refractivity contribution in [1.29, 1.82) is 0 Å². The van der Waals surface area contributed by atoms with Crippen molar-refractivity contribution in [3.8, 4) is 5.75 Å². The van der Waals surface area contributed by atoms with E-state index in [2.05, 4.69) is 25.7 Å². The van der Waals surface area contributed by atoms with Crippen molar-refractivity contribution in [2.75, 3.05) is 13.1 Å². The maximum absolute atomic E-state index is 12.6. The molecule has 0 radical (unpaired) electrons. The molecule has 128 valence electrons. The van der Waals surface area contributed by atoms with Gasteiger partial charge >= 0.3 is 0 Å². The van der Waals surface area contributed by atoms with E-state index in [0.29, 0.717) is 18.7 Å². The second kappa shape index (κ2) is 5.96. The molecule has 2 aliphatic rings. The topological polar surface area (TPSA) is 58.6 Å². The fourth-order valence-corrected chi connectivity index (χ4v) is 3.48. The highest BCUT2D eigenvalue weighted by Crippen LogP contribution is 2.31.